The molecule has 3 rings (SSSR count). The van der Waals surface area contributed by atoms with Crippen LogP contribution in [0.3, 0.4) is 0 Å². The second kappa shape index (κ2) is 7.72. The first-order valence-corrected chi connectivity index (χ1v) is 9.57. The average molecular weight is 389 g/mol. The van der Waals surface area contributed by atoms with Crippen LogP contribution in [-0.2, 0) is 19.5 Å². The fourth-order valence-electron chi connectivity index (χ4n) is 3.20. The van der Waals surface area contributed by atoms with Gasteiger partial charge in [-0.05, 0) is 51.7 Å². The highest BCUT2D eigenvalue weighted by atomic mass is 35.5. The summed E-state index contributed by atoms with van der Waals surface area (Å²) >= 11 is 6.15. The molecule has 2 N–H and O–H groups in total. The van der Waals surface area contributed by atoms with Crippen molar-refractivity contribution in [1.82, 2.24) is 20.2 Å². The lowest BCUT2D eigenvalue weighted by Gasteiger charge is -2.22. The standard InChI is InChI=1S/C20H25ClN4O2/c1-20(2,3)24-19(27)17-23-16(15-10-6-7-11-25(15)17)18(26)22-12-13-8-4-5-9-14(13)21/h4-5,8-9H,6-7,10-12H2,1-3H3,(H,22,26)(H,24,27). The maximum Gasteiger partial charge on any atom is 0.287 e. The number of imidazole rings is 1. The molecule has 144 valence electrons. The van der Waals surface area contributed by atoms with Crippen LogP contribution in [0.2, 0.25) is 5.02 Å². The SMILES string of the molecule is CC(C)(C)NC(=O)c1nc(C(=O)NCc2ccccc2Cl)c2n1CCCC2. The van der Waals surface area contributed by atoms with Gasteiger partial charge in [0.05, 0.1) is 5.69 Å². The smallest absolute Gasteiger partial charge is 0.287 e. The fraction of sp³-hybridized carbons (Fsp3) is 0.450. The quantitative estimate of drug-likeness (QED) is 0.843. The van der Waals surface area contributed by atoms with Gasteiger partial charge in [0.2, 0.25) is 0 Å². The van der Waals surface area contributed by atoms with Gasteiger partial charge in [-0.2, -0.15) is 0 Å². The minimum atomic E-state index is -0.370. The topological polar surface area (TPSA) is 76.0 Å². The van der Waals surface area contributed by atoms with Crippen LogP contribution in [0.1, 0.15) is 66.0 Å². The van der Waals surface area contributed by atoms with Gasteiger partial charge in [-0.25, -0.2) is 4.98 Å². The maximum atomic E-state index is 12.8. The number of aromatic nitrogens is 2. The molecule has 0 atom stereocenters. The van der Waals surface area contributed by atoms with Crippen molar-refractivity contribution >= 4 is 23.4 Å². The van der Waals surface area contributed by atoms with Crippen molar-refractivity contribution in [2.75, 3.05) is 0 Å². The zero-order chi connectivity index (χ0) is 19.6. The van der Waals surface area contributed by atoms with Crippen LogP contribution >= 0.6 is 11.6 Å². The number of benzene rings is 1. The predicted octanol–water partition coefficient (Wildman–Crippen LogP) is 3.33. The van der Waals surface area contributed by atoms with E-state index in [9.17, 15) is 9.59 Å². The number of hydrogen-bond donors (Lipinski definition) is 2. The van der Waals surface area contributed by atoms with E-state index in [2.05, 4.69) is 15.6 Å². The third-order valence-corrected chi connectivity index (χ3v) is 4.79. The molecule has 1 aromatic heterocycles. The molecule has 1 aliphatic rings. The second-order valence-corrected chi connectivity index (χ2v) is 8.22. The number of carbonyl (C=O) groups is 2. The maximum absolute atomic E-state index is 12.8. The summed E-state index contributed by atoms with van der Waals surface area (Å²) in [5.74, 6) is -0.228. The highest BCUT2D eigenvalue weighted by molar-refractivity contribution is 6.31. The van der Waals surface area contributed by atoms with Gasteiger partial charge in [0.15, 0.2) is 5.82 Å². The third-order valence-electron chi connectivity index (χ3n) is 4.42. The molecule has 27 heavy (non-hydrogen) atoms. The average Bonchev–Trinajstić information content (AvgIpc) is 2.99. The lowest BCUT2D eigenvalue weighted by molar-refractivity contribution is 0.0903. The molecule has 2 aromatic rings. The van der Waals surface area contributed by atoms with E-state index in [0.29, 0.717) is 29.6 Å². The molecular formula is C20H25ClN4O2. The summed E-state index contributed by atoms with van der Waals surface area (Å²) in [5, 5.41) is 6.41. The molecule has 0 fully saturated rings. The Morgan fingerprint density at radius 3 is 2.63 bits per heavy atom. The van der Waals surface area contributed by atoms with Crippen LogP contribution in [0.25, 0.3) is 0 Å². The molecule has 0 saturated heterocycles. The van der Waals surface area contributed by atoms with E-state index in [0.717, 1.165) is 30.5 Å². The zero-order valence-corrected chi connectivity index (χ0v) is 16.7. The van der Waals surface area contributed by atoms with E-state index >= 15 is 0 Å². The molecule has 0 saturated carbocycles. The van der Waals surface area contributed by atoms with Gasteiger partial charge >= 0.3 is 0 Å². The van der Waals surface area contributed by atoms with Gasteiger partial charge in [0.1, 0.15) is 5.69 Å². The minimum Gasteiger partial charge on any atom is -0.347 e. The number of rotatable bonds is 4. The summed E-state index contributed by atoms with van der Waals surface area (Å²) in [4.78, 5) is 29.8. The predicted molar refractivity (Wildman–Crippen MR) is 105 cm³/mol. The van der Waals surface area contributed by atoms with E-state index < -0.39 is 0 Å². The van der Waals surface area contributed by atoms with Crippen molar-refractivity contribution in [2.45, 2.75) is 58.7 Å². The Bertz CT molecular complexity index is 867. The normalized spacial score (nSPS) is 13.8. The Morgan fingerprint density at radius 1 is 1.19 bits per heavy atom. The van der Waals surface area contributed by atoms with Crippen LogP contribution < -0.4 is 10.6 Å². The highest BCUT2D eigenvalue weighted by Crippen LogP contribution is 2.22. The van der Waals surface area contributed by atoms with Crippen molar-refractivity contribution in [1.29, 1.82) is 0 Å². The summed E-state index contributed by atoms with van der Waals surface area (Å²) in [6.07, 6.45) is 2.70. The van der Waals surface area contributed by atoms with Crippen molar-refractivity contribution in [3.63, 3.8) is 0 Å². The van der Waals surface area contributed by atoms with E-state index in [-0.39, 0.29) is 17.4 Å². The summed E-state index contributed by atoms with van der Waals surface area (Å²) in [6, 6.07) is 7.38. The summed E-state index contributed by atoms with van der Waals surface area (Å²) in [7, 11) is 0. The third kappa shape index (κ3) is 4.50. The van der Waals surface area contributed by atoms with E-state index in [1.807, 2.05) is 43.5 Å². The molecule has 2 heterocycles. The lowest BCUT2D eigenvalue weighted by atomic mass is 10.1. The van der Waals surface area contributed by atoms with Crippen LogP contribution in [0.5, 0.6) is 0 Å². The Morgan fingerprint density at radius 2 is 1.93 bits per heavy atom. The van der Waals surface area contributed by atoms with Crippen LogP contribution in [0.4, 0.5) is 0 Å². The molecule has 7 heteroatoms. The first kappa shape index (κ1) is 19.4. The monoisotopic (exact) mass is 388 g/mol. The zero-order valence-electron chi connectivity index (χ0n) is 15.9. The molecular weight excluding hydrogens is 364 g/mol. The van der Waals surface area contributed by atoms with Gasteiger partial charge in [0, 0.05) is 23.7 Å². The van der Waals surface area contributed by atoms with Crippen molar-refractivity contribution in [2.24, 2.45) is 0 Å². The Hall–Kier alpha value is -2.34. The molecule has 0 aliphatic carbocycles. The van der Waals surface area contributed by atoms with Crippen LogP contribution in [0, 0.1) is 0 Å². The Kier molecular flexibility index (Phi) is 5.56. The van der Waals surface area contributed by atoms with E-state index in [1.165, 1.54) is 0 Å². The summed E-state index contributed by atoms with van der Waals surface area (Å²) in [6.45, 7) is 6.77. The first-order chi connectivity index (χ1) is 12.8. The number of nitrogens with one attached hydrogen (secondary N) is 2. The molecule has 0 radical (unpaired) electrons. The Balaban J connectivity index is 1.83. The number of halogens is 1. The second-order valence-electron chi connectivity index (χ2n) is 7.82. The fourth-order valence-corrected chi connectivity index (χ4v) is 3.40. The summed E-state index contributed by atoms with van der Waals surface area (Å²) < 4.78 is 1.88. The van der Waals surface area contributed by atoms with Crippen molar-refractivity contribution < 1.29 is 9.59 Å². The molecule has 0 unspecified atom stereocenters. The minimum absolute atomic E-state index is 0.254. The van der Waals surface area contributed by atoms with E-state index in [4.69, 9.17) is 11.6 Å². The van der Waals surface area contributed by atoms with Crippen LogP contribution in [0.15, 0.2) is 24.3 Å². The highest BCUT2D eigenvalue weighted by Gasteiger charge is 2.28. The van der Waals surface area contributed by atoms with Gasteiger partial charge in [-0.3, -0.25) is 9.59 Å². The van der Waals surface area contributed by atoms with Crippen molar-refractivity contribution in [3.05, 3.63) is 52.1 Å². The van der Waals surface area contributed by atoms with E-state index in [1.54, 1.807) is 6.07 Å². The number of nitrogens with zero attached hydrogens (tertiary/aromatic N) is 2. The van der Waals surface area contributed by atoms with Gasteiger partial charge in [-0.1, -0.05) is 29.8 Å². The number of fused-ring (bicyclic) bond motifs is 1. The number of hydrogen-bond acceptors (Lipinski definition) is 3. The number of carbonyl (C=O) groups excluding carboxylic acids is 2. The molecule has 2 amide bonds. The first-order valence-electron chi connectivity index (χ1n) is 9.20. The lowest BCUT2D eigenvalue weighted by Crippen LogP contribution is -2.42. The molecule has 0 spiro atoms. The molecule has 6 nitrogen and oxygen atoms in total. The van der Waals surface area contributed by atoms with Gasteiger partial charge in [0.25, 0.3) is 11.8 Å². The molecule has 1 aromatic carbocycles. The Labute approximate surface area is 164 Å². The summed E-state index contributed by atoms with van der Waals surface area (Å²) in [5.41, 5.74) is 1.63. The number of amides is 2. The van der Waals surface area contributed by atoms with Gasteiger partial charge in [-0.15, -0.1) is 0 Å². The molecule has 0 bridgehead atoms. The molecule has 1 aliphatic heterocycles. The van der Waals surface area contributed by atoms with Crippen molar-refractivity contribution in [3.8, 4) is 0 Å². The van der Waals surface area contributed by atoms with Crippen LogP contribution in [-0.4, -0.2) is 26.9 Å². The van der Waals surface area contributed by atoms with Gasteiger partial charge < -0.3 is 15.2 Å². The largest absolute Gasteiger partial charge is 0.347 e.